The standard InChI is InChI=1S/C38H48N4O4/c1-42(15-13-33-4-2-3-14-39-33)24-34-19-35(31-9-7-27(25-43)8-10-31)46-36(45-34)32-11-5-26(6-12-32)23-40-37(44)41-38-20-28-16-29(21-38)18-30(17-28)22-38/h2-12,14,28-30,34-36,43H,13,15-25H2,1H3,(H2,40,41,44). The van der Waals surface area contributed by atoms with Crippen LogP contribution in [-0.4, -0.2) is 52.8 Å². The number of aromatic nitrogens is 1. The molecular formula is C38H48N4O4. The van der Waals surface area contributed by atoms with E-state index in [9.17, 15) is 9.90 Å². The van der Waals surface area contributed by atoms with Crippen molar-refractivity contribution in [1.82, 2.24) is 20.5 Å². The molecule has 3 unspecified atom stereocenters. The Hall–Kier alpha value is -3.30. The summed E-state index contributed by atoms with van der Waals surface area (Å²) in [5, 5.41) is 16.1. The van der Waals surface area contributed by atoms with E-state index in [2.05, 4.69) is 57.9 Å². The number of likely N-dealkylation sites (N-methyl/N-ethyl adjacent to an activating group) is 1. The van der Waals surface area contributed by atoms with Crippen LogP contribution in [0.3, 0.4) is 0 Å². The van der Waals surface area contributed by atoms with Crippen LogP contribution in [0.25, 0.3) is 0 Å². The molecule has 3 atom stereocenters. The number of carbonyl (C=O) groups excluding carboxylic acids is 1. The molecule has 3 aromatic rings. The van der Waals surface area contributed by atoms with Gasteiger partial charge in [-0.25, -0.2) is 4.79 Å². The fourth-order valence-corrected chi connectivity index (χ4v) is 8.85. The molecule has 244 valence electrons. The van der Waals surface area contributed by atoms with Gasteiger partial charge in [-0.3, -0.25) is 4.98 Å². The maximum atomic E-state index is 13.0. The Labute approximate surface area is 272 Å². The van der Waals surface area contributed by atoms with E-state index < -0.39 is 6.29 Å². The SMILES string of the molecule is CN(CCc1ccccn1)CC1CC(c2ccc(CO)cc2)OC(c2ccc(CNC(=O)NC34CC5CC(CC(C5)C3)C4)cc2)O1. The van der Waals surface area contributed by atoms with Crippen LogP contribution in [0.5, 0.6) is 0 Å². The molecule has 2 heterocycles. The summed E-state index contributed by atoms with van der Waals surface area (Å²) in [4.78, 5) is 19.8. The highest BCUT2D eigenvalue weighted by Gasteiger charge is 2.51. The largest absolute Gasteiger partial charge is 0.392 e. The molecule has 0 spiro atoms. The smallest absolute Gasteiger partial charge is 0.315 e. The van der Waals surface area contributed by atoms with Crippen molar-refractivity contribution in [2.75, 3.05) is 20.1 Å². The molecule has 1 aromatic heterocycles. The molecule has 5 fully saturated rings. The quantitative estimate of drug-likeness (QED) is 0.240. The van der Waals surface area contributed by atoms with Crippen LogP contribution in [0.4, 0.5) is 4.79 Å². The lowest BCUT2D eigenvalue weighted by Gasteiger charge is -2.56. The number of nitrogens with one attached hydrogen (secondary N) is 2. The van der Waals surface area contributed by atoms with Gasteiger partial charge in [0.05, 0.1) is 18.8 Å². The van der Waals surface area contributed by atoms with E-state index in [1.807, 2.05) is 42.6 Å². The lowest BCUT2D eigenvalue weighted by atomic mass is 9.53. The predicted octanol–water partition coefficient (Wildman–Crippen LogP) is 6.06. The third-order valence-corrected chi connectivity index (χ3v) is 10.7. The lowest BCUT2D eigenvalue weighted by Crippen LogP contribution is -2.61. The first-order valence-corrected chi connectivity index (χ1v) is 17.2. The van der Waals surface area contributed by atoms with E-state index in [1.54, 1.807) is 0 Å². The number of carbonyl (C=O) groups is 1. The van der Waals surface area contributed by atoms with Crippen molar-refractivity contribution in [3.05, 3.63) is 101 Å². The monoisotopic (exact) mass is 624 g/mol. The van der Waals surface area contributed by atoms with E-state index in [0.29, 0.717) is 6.54 Å². The maximum absolute atomic E-state index is 13.0. The van der Waals surface area contributed by atoms with Gasteiger partial charge in [0.15, 0.2) is 6.29 Å². The molecule has 8 heteroatoms. The third kappa shape index (κ3) is 7.46. The highest BCUT2D eigenvalue weighted by atomic mass is 16.7. The molecule has 5 aliphatic rings. The van der Waals surface area contributed by atoms with Crippen molar-refractivity contribution in [1.29, 1.82) is 0 Å². The first-order chi connectivity index (χ1) is 22.4. The second-order valence-electron chi connectivity index (χ2n) is 14.4. The molecule has 3 N–H and O–H groups in total. The van der Waals surface area contributed by atoms with Crippen molar-refractivity contribution in [3.63, 3.8) is 0 Å². The molecule has 4 saturated carbocycles. The molecule has 2 aromatic carbocycles. The highest BCUT2D eigenvalue weighted by molar-refractivity contribution is 5.75. The van der Waals surface area contributed by atoms with Crippen molar-refractivity contribution >= 4 is 6.03 Å². The van der Waals surface area contributed by atoms with Gasteiger partial charge < -0.3 is 30.1 Å². The topological polar surface area (TPSA) is 96.0 Å². The van der Waals surface area contributed by atoms with Crippen LogP contribution in [0.1, 0.15) is 85.3 Å². The molecule has 1 aliphatic heterocycles. The van der Waals surface area contributed by atoms with Gasteiger partial charge in [-0.2, -0.15) is 0 Å². The molecular weight excluding hydrogens is 576 g/mol. The van der Waals surface area contributed by atoms with Gasteiger partial charge in [0.25, 0.3) is 0 Å². The Balaban J connectivity index is 0.970. The maximum Gasteiger partial charge on any atom is 0.315 e. The summed E-state index contributed by atoms with van der Waals surface area (Å²) >= 11 is 0. The molecule has 46 heavy (non-hydrogen) atoms. The van der Waals surface area contributed by atoms with E-state index in [1.165, 1.54) is 19.3 Å². The van der Waals surface area contributed by atoms with Crippen LogP contribution in [0, 0.1) is 17.8 Å². The fraction of sp³-hybridized carbons (Fsp3) is 0.526. The van der Waals surface area contributed by atoms with Gasteiger partial charge in [0.1, 0.15) is 0 Å². The minimum Gasteiger partial charge on any atom is -0.392 e. The van der Waals surface area contributed by atoms with Gasteiger partial charge >= 0.3 is 6.03 Å². The second kappa shape index (κ2) is 13.8. The molecule has 0 radical (unpaired) electrons. The zero-order valence-corrected chi connectivity index (χ0v) is 26.9. The third-order valence-electron chi connectivity index (χ3n) is 10.7. The van der Waals surface area contributed by atoms with Gasteiger partial charge in [-0.05, 0) is 92.1 Å². The average molecular weight is 625 g/mol. The fourth-order valence-electron chi connectivity index (χ4n) is 8.85. The Morgan fingerprint density at radius 1 is 0.891 bits per heavy atom. The summed E-state index contributed by atoms with van der Waals surface area (Å²) in [6, 6.07) is 22.2. The van der Waals surface area contributed by atoms with Crippen LogP contribution in [0.15, 0.2) is 72.9 Å². The van der Waals surface area contributed by atoms with Crippen molar-refractivity contribution in [2.24, 2.45) is 17.8 Å². The number of hydrogen-bond acceptors (Lipinski definition) is 6. The van der Waals surface area contributed by atoms with E-state index in [0.717, 1.165) is 90.9 Å². The zero-order valence-electron chi connectivity index (χ0n) is 26.9. The Bertz CT molecular complexity index is 1410. The molecule has 4 bridgehead atoms. The molecule has 4 aliphatic carbocycles. The van der Waals surface area contributed by atoms with Crippen molar-refractivity contribution in [2.45, 2.75) is 88.6 Å². The summed E-state index contributed by atoms with van der Waals surface area (Å²) in [6.45, 7) is 2.16. The Morgan fingerprint density at radius 3 is 2.22 bits per heavy atom. The first-order valence-electron chi connectivity index (χ1n) is 17.2. The van der Waals surface area contributed by atoms with E-state index in [4.69, 9.17) is 9.47 Å². The molecule has 8 rings (SSSR count). The normalized spacial score (nSPS) is 30.0. The second-order valence-corrected chi connectivity index (χ2v) is 14.4. The number of benzene rings is 2. The number of urea groups is 1. The van der Waals surface area contributed by atoms with Crippen LogP contribution in [0.2, 0.25) is 0 Å². The lowest BCUT2D eigenvalue weighted by molar-refractivity contribution is -0.252. The summed E-state index contributed by atoms with van der Waals surface area (Å²) in [5.41, 5.74) is 5.06. The first kappa shape index (κ1) is 31.3. The number of pyridine rings is 1. The van der Waals surface area contributed by atoms with Gasteiger partial charge in [0.2, 0.25) is 0 Å². The summed E-state index contributed by atoms with van der Waals surface area (Å²) in [7, 11) is 2.13. The Morgan fingerprint density at radius 2 is 1.57 bits per heavy atom. The van der Waals surface area contributed by atoms with E-state index >= 15 is 0 Å². The number of aliphatic hydroxyl groups excluding tert-OH is 1. The average Bonchev–Trinajstić information content (AvgIpc) is 3.06. The van der Waals surface area contributed by atoms with Gasteiger partial charge in [-0.15, -0.1) is 0 Å². The Kier molecular flexibility index (Phi) is 9.41. The zero-order chi connectivity index (χ0) is 31.5. The van der Waals surface area contributed by atoms with Crippen LogP contribution in [-0.2, 0) is 29.0 Å². The minimum atomic E-state index is -0.508. The van der Waals surface area contributed by atoms with Crippen molar-refractivity contribution in [3.8, 4) is 0 Å². The van der Waals surface area contributed by atoms with Crippen molar-refractivity contribution < 1.29 is 19.4 Å². The summed E-state index contributed by atoms with van der Waals surface area (Å²) in [5.74, 6) is 2.40. The highest BCUT2D eigenvalue weighted by Crippen LogP contribution is 2.55. The molecule has 8 nitrogen and oxygen atoms in total. The number of hydrogen-bond donors (Lipinski definition) is 3. The number of nitrogens with zero attached hydrogens (tertiary/aromatic N) is 2. The van der Waals surface area contributed by atoms with Gasteiger partial charge in [0, 0.05) is 55.5 Å². The predicted molar refractivity (Wildman–Crippen MR) is 177 cm³/mol. The summed E-state index contributed by atoms with van der Waals surface area (Å²) in [6.07, 6.45) is 10.3. The molecule has 2 amide bonds. The van der Waals surface area contributed by atoms with E-state index in [-0.39, 0.29) is 30.4 Å². The molecule has 1 saturated heterocycles. The summed E-state index contributed by atoms with van der Waals surface area (Å²) < 4.78 is 13.1. The number of aliphatic hydroxyl groups is 1. The number of ether oxygens (including phenoxy) is 2. The van der Waals surface area contributed by atoms with Gasteiger partial charge in [-0.1, -0.05) is 54.6 Å². The van der Waals surface area contributed by atoms with Crippen LogP contribution < -0.4 is 10.6 Å². The number of amides is 2. The minimum absolute atomic E-state index is 0.0103. The van der Waals surface area contributed by atoms with Crippen LogP contribution >= 0.6 is 0 Å². The number of rotatable bonds is 11.